The molecule has 0 unspecified atom stereocenters. The lowest BCUT2D eigenvalue weighted by Crippen LogP contribution is -2.28. The first-order valence-electron chi connectivity index (χ1n) is 7.25. The number of aromatic nitrogens is 1. The zero-order chi connectivity index (χ0) is 15.4. The van der Waals surface area contributed by atoms with Crippen LogP contribution in [0.25, 0.3) is 0 Å². The highest BCUT2D eigenvalue weighted by molar-refractivity contribution is 7.99. The number of pyridine rings is 1. The van der Waals surface area contributed by atoms with Crippen molar-refractivity contribution in [2.75, 3.05) is 5.75 Å². The van der Waals surface area contributed by atoms with E-state index in [4.69, 9.17) is 11.6 Å². The fraction of sp³-hybridized carbons (Fsp3) is 0.294. The Labute approximate surface area is 139 Å². The Kier molecular flexibility index (Phi) is 5.01. The molecular formula is C17H17ClN2OS. The second-order valence-corrected chi connectivity index (χ2v) is 6.74. The molecule has 1 heterocycles. The van der Waals surface area contributed by atoms with Gasteiger partial charge in [-0.2, -0.15) is 0 Å². The molecule has 1 aliphatic carbocycles. The third-order valence-corrected chi connectivity index (χ3v) is 4.96. The molecule has 0 radical (unpaired) electrons. The summed E-state index contributed by atoms with van der Waals surface area (Å²) in [4.78, 5) is 16.2. The number of amides is 1. The number of halogens is 1. The van der Waals surface area contributed by atoms with Crippen LogP contribution in [0.5, 0.6) is 0 Å². The summed E-state index contributed by atoms with van der Waals surface area (Å²) < 4.78 is 0. The maximum absolute atomic E-state index is 12.0. The molecule has 22 heavy (non-hydrogen) atoms. The third kappa shape index (κ3) is 4.02. The number of hydrogen-bond donors (Lipinski definition) is 1. The first-order chi connectivity index (χ1) is 10.7. The molecule has 114 valence electrons. The number of thioether (sulfide) groups is 1. The molecular weight excluding hydrogens is 316 g/mol. The minimum atomic E-state index is 0.0838. The molecule has 1 aromatic heterocycles. The molecule has 5 heteroatoms. The van der Waals surface area contributed by atoms with Crippen LogP contribution in [0.1, 0.15) is 23.6 Å². The fourth-order valence-electron chi connectivity index (χ4n) is 2.45. The summed E-state index contributed by atoms with van der Waals surface area (Å²) in [5.74, 6) is 1.66. The van der Waals surface area contributed by atoms with Gasteiger partial charge in [-0.1, -0.05) is 35.9 Å². The van der Waals surface area contributed by atoms with Gasteiger partial charge in [0.2, 0.25) is 5.91 Å². The Hall–Kier alpha value is -1.52. The topological polar surface area (TPSA) is 42.0 Å². The van der Waals surface area contributed by atoms with E-state index in [1.54, 1.807) is 18.0 Å². The van der Waals surface area contributed by atoms with Gasteiger partial charge in [-0.15, -0.1) is 11.8 Å². The molecule has 2 atom stereocenters. The predicted molar refractivity (Wildman–Crippen MR) is 91.1 cm³/mol. The number of nitrogens with zero attached hydrogens (tertiary/aromatic N) is 1. The summed E-state index contributed by atoms with van der Waals surface area (Å²) in [6, 6.07) is 13.9. The van der Waals surface area contributed by atoms with Crippen LogP contribution >= 0.6 is 23.4 Å². The van der Waals surface area contributed by atoms with Gasteiger partial charge in [0.05, 0.1) is 11.4 Å². The van der Waals surface area contributed by atoms with Gasteiger partial charge in [-0.3, -0.25) is 9.78 Å². The van der Waals surface area contributed by atoms with E-state index in [0.717, 1.165) is 28.5 Å². The lowest BCUT2D eigenvalue weighted by Gasteiger charge is -2.06. The van der Waals surface area contributed by atoms with Gasteiger partial charge in [0.25, 0.3) is 0 Å². The van der Waals surface area contributed by atoms with Crippen LogP contribution in [0.2, 0.25) is 5.02 Å². The van der Waals surface area contributed by atoms with Crippen molar-refractivity contribution in [1.82, 2.24) is 10.3 Å². The van der Waals surface area contributed by atoms with Gasteiger partial charge < -0.3 is 5.32 Å². The van der Waals surface area contributed by atoms with E-state index in [1.165, 1.54) is 0 Å². The average Bonchev–Trinajstić information content (AvgIpc) is 3.27. The van der Waals surface area contributed by atoms with E-state index < -0.39 is 0 Å². The van der Waals surface area contributed by atoms with Crippen LogP contribution in [0.4, 0.5) is 0 Å². The smallest absolute Gasteiger partial charge is 0.230 e. The van der Waals surface area contributed by atoms with Crippen LogP contribution in [0.3, 0.4) is 0 Å². The first kappa shape index (κ1) is 15.4. The van der Waals surface area contributed by atoms with E-state index in [1.807, 2.05) is 42.5 Å². The molecule has 0 saturated heterocycles. The zero-order valence-corrected chi connectivity index (χ0v) is 13.6. The Morgan fingerprint density at radius 1 is 1.27 bits per heavy atom. The quantitative estimate of drug-likeness (QED) is 0.878. The van der Waals surface area contributed by atoms with Crippen molar-refractivity contribution >= 4 is 29.3 Å². The third-order valence-electron chi connectivity index (χ3n) is 3.65. The number of carbonyl (C=O) groups is 1. The van der Waals surface area contributed by atoms with Gasteiger partial charge >= 0.3 is 0 Å². The summed E-state index contributed by atoms with van der Waals surface area (Å²) in [5.41, 5.74) is 2.14. The molecule has 1 aliphatic rings. The van der Waals surface area contributed by atoms with Gasteiger partial charge in [0.1, 0.15) is 0 Å². The van der Waals surface area contributed by atoms with Crippen LogP contribution < -0.4 is 5.32 Å². The summed E-state index contributed by atoms with van der Waals surface area (Å²) in [6.07, 6.45) is 2.74. The molecule has 0 aliphatic heterocycles. The minimum absolute atomic E-state index is 0.0838. The lowest BCUT2D eigenvalue weighted by molar-refractivity contribution is -0.118. The summed E-state index contributed by atoms with van der Waals surface area (Å²) in [7, 11) is 0. The van der Waals surface area contributed by atoms with E-state index in [-0.39, 0.29) is 11.9 Å². The molecule has 0 bridgehead atoms. The minimum Gasteiger partial charge on any atom is -0.352 e. The van der Waals surface area contributed by atoms with Crippen molar-refractivity contribution in [2.45, 2.75) is 24.1 Å². The van der Waals surface area contributed by atoms with Crippen molar-refractivity contribution in [1.29, 1.82) is 0 Å². The summed E-state index contributed by atoms with van der Waals surface area (Å²) in [5, 5.41) is 3.86. The molecule has 0 spiro atoms. The number of nitrogens with one attached hydrogen (secondary N) is 1. The summed E-state index contributed by atoms with van der Waals surface area (Å²) in [6.45, 7) is 0. The highest BCUT2D eigenvalue weighted by Gasteiger charge is 2.40. The number of benzene rings is 1. The Balaban J connectivity index is 1.41. The first-order valence-corrected chi connectivity index (χ1v) is 8.79. The number of carbonyl (C=O) groups excluding carboxylic acids is 1. The second-order valence-electron chi connectivity index (χ2n) is 5.35. The van der Waals surface area contributed by atoms with Gasteiger partial charge in [-0.25, -0.2) is 0 Å². The van der Waals surface area contributed by atoms with Crippen LogP contribution in [-0.4, -0.2) is 22.7 Å². The largest absolute Gasteiger partial charge is 0.352 e. The maximum Gasteiger partial charge on any atom is 0.230 e. The van der Waals surface area contributed by atoms with Crippen molar-refractivity contribution < 1.29 is 4.79 Å². The summed E-state index contributed by atoms with van der Waals surface area (Å²) >= 11 is 7.77. The van der Waals surface area contributed by atoms with Gasteiger partial charge in [-0.05, 0) is 30.2 Å². The van der Waals surface area contributed by atoms with Crippen molar-refractivity contribution in [3.05, 3.63) is 64.9 Å². The number of rotatable bonds is 6. The number of hydrogen-bond acceptors (Lipinski definition) is 3. The average molecular weight is 333 g/mol. The van der Waals surface area contributed by atoms with Gasteiger partial charge in [0.15, 0.2) is 0 Å². The van der Waals surface area contributed by atoms with E-state index in [9.17, 15) is 4.79 Å². The zero-order valence-electron chi connectivity index (χ0n) is 12.0. The maximum atomic E-state index is 12.0. The van der Waals surface area contributed by atoms with Crippen molar-refractivity contribution in [2.24, 2.45) is 0 Å². The van der Waals surface area contributed by atoms with E-state index in [2.05, 4.69) is 10.3 Å². The molecule has 3 rings (SSSR count). The monoisotopic (exact) mass is 332 g/mol. The van der Waals surface area contributed by atoms with Gasteiger partial charge in [0, 0.05) is 28.9 Å². The molecule has 3 nitrogen and oxygen atoms in total. The highest BCUT2D eigenvalue weighted by Crippen LogP contribution is 2.43. The molecule has 1 amide bonds. The molecule has 1 fully saturated rings. The predicted octanol–water partition coefficient (Wildman–Crippen LogP) is 3.64. The molecule has 1 saturated carbocycles. The molecule has 1 N–H and O–H groups in total. The Bertz CT molecular complexity index is 650. The van der Waals surface area contributed by atoms with Crippen LogP contribution in [0.15, 0.2) is 48.7 Å². The van der Waals surface area contributed by atoms with Crippen LogP contribution in [0, 0.1) is 0 Å². The second kappa shape index (κ2) is 7.16. The SMILES string of the molecule is O=C(CSCc1ccccn1)N[C@H]1C[C@@H]1c1ccccc1Cl. The van der Waals surface area contributed by atoms with Crippen molar-refractivity contribution in [3.8, 4) is 0 Å². The standard InChI is InChI=1S/C17H17ClN2OS/c18-15-7-2-1-6-13(15)14-9-16(14)20-17(21)11-22-10-12-5-3-4-8-19-12/h1-8,14,16H,9-11H2,(H,20,21)/t14-,16+/m1/s1. The highest BCUT2D eigenvalue weighted by atomic mass is 35.5. The van der Waals surface area contributed by atoms with Crippen LogP contribution in [-0.2, 0) is 10.5 Å². The van der Waals surface area contributed by atoms with Crippen molar-refractivity contribution in [3.63, 3.8) is 0 Å². The van der Waals surface area contributed by atoms with E-state index in [0.29, 0.717) is 11.7 Å². The molecule has 2 aromatic rings. The normalized spacial score (nSPS) is 19.7. The molecule has 1 aromatic carbocycles. The fourth-order valence-corrected chi connectivity index (χ4v) is 3.48. The lowest BCUT2D eigenvalue weighted by atomic mass is 10.1. The Morgan fingerprint density at radius 2 is 2.09 bits per heavy atom. The van der Waals surface area contributed by atoms with E-state index >= 15 is 0 Å². The Morgan fingerprint density at radius 3 is 2.86 bits per heavy atom.